The molecule has 4 amide bonds. The van der Waals surface area contributed by atoms with E-state index in [-0.39, 0.29) is 42.7 Å². The van der Waals surface area contributed by atoms with Crippen LogP contribution in [0.2, 0.25) is 0 Å². The van der Waals surface area contributed by atoms with Crippen molar-refractivity contribution in [3.63, 3.8) is 0 Å². The lowest BCUT2D eigenvalue weighted by molar-refractivity contribution is -0.121. The topological polar surface area (TPSA) is 126 Å². The number of fused-ring (bicyclic) bond motifs is 1. The highest BCUT2D eigenvalue weighted by molar-refractivity contribution is 8.00. The van der Waals surface area contributed by atoms with Crippen molar-refractivity contribution in [2.24, 2.45) is 0 Å². The molecule has 0 aromatic heterocycles. The van der Waals surface area contributed by atoms with E-state index in [9.17, 15) is 23.1 Å². The van der Waals surface area contributed by atoms with E-state index in [1.165, 1.54) is 0 Å². The highest BCUT2D eigenvalue weighted by Crippen LogP contribution is 2.49. The molecule has 2 saturated heterocycles. The number of thioether (sulfide) groups is 1. The van der Waals surface area contributed by atoms with Gasteiger partial charge in [0.2, 0.25) is 11.8 Å². The van der Waals surface area contributed by atoms with E-state index in [1.807, 2.05) is 11.8 Å². The summed E-state index contributed by atoms with van der Waals surface area (Å²) >= 11 is 1.91. The molecule has 4 N–H and O–H groups in total. The fourth-order valence-electron chi connectivity index (χ4n) is 5.06. The van der Waals surface area contributed by atoms with E-state index < -0.39 is 7.68 Å². The molecular formula is C27H50FN4O5PS. The average molecular weight is 593 g/mol. The summed E-state index contributed by atoms with van der Waals surface area (Å²) in [5.74, 6) is 1.16. The van der Waals surface area contributed by atoms with Crippen molar-refractivity contribution >= 4 is 37.3 Å². The van der Waals surface area contributed by atoms with Crippen LogP contribution in [0.1, 0.15) is 103 Å². The minimum absolute atomic E-state index is 0.0129. The van der Waals surface area contributed by atoms with Crippen LogP contribution in [0.4, 0.5) is 8.99 Å². The highest BCUT2D eigenvalue weighted by atomic mass is 32.2. The molecule has 12 heteroatoms. The number of halogens is 1. The molecule has 2 heterocycles. The number of hydrogen-bond donors (Lipinski definition) is 4. The zero-order chi connectivity index (χ0) is 28.3. The second-order valence-electron chi connectivity index (χ2n) is 10.6. The molecule has 226 valence electrons. The first-order valence-corrected chi connectivity index (χ1v) is 17.7. The van der Waals surface area contributed by atoms with Crippen molar-refractivity contribution in [1.29, 1.82) is 0 Å². The molecule has 2 fully saturated rings. The number of rotatable bonds is 23. The van der Waals surface area contributed by atoms with Gasteiger partial charge in [0.15, 0.2) is 0 Å². The SMILES string of the molecule is CCO[P@](=O)(F)CCCCCCCCCC(=O)NCCCCCNC(=O)CCCC[C@H]1SC[C@H]2NC(=O)N[C@@H]21. The lowest BCUT2D eigenvalue weighted by Crippen LogP contribution is -2.36. The van der Waals surface area contributed by atoms with Crippen molar-refractivity contribution < 1.29 is 27.7 Å². The van der Waals surface area contributed by atoms with Crippen LogP contribution >= 0.6 is 19.4 Å². The van der Waals surface area contributed by atoms with E-state index in [2.05, 4.69) is 25.8 Å². The average Bonchev–Trinajstić information content (AvgIpc) is 3.44. The number of hydrogen-bond acceptors (Lipinski definition) is 6. The third-order valence-electron chi connectivity index (χ3n) is 7.23. The Morgan fingerprint density at radius 2 is 1.46 bits per heavy atom. The molecule has 0 spiro atoms. The van der Waals surface area contributed by atoms with Gasteiger partial charge in [-0.3, -0.25) is 14.2 Å². The van der Waals surface area contributed by atoms with Crippen molar-refractivity contribution in [1.82, 2.24) is 21.3 Å². The monoisotopic (exact) mass is 592 g/mol. The van der Waals surface area contributed by atoms with Gasteiger partial charge in [0, 0.05) is 36.9 Å². The van der Waals surface area contributed by atoms with Gasteiger partial charge in [0.05, 0.1) is 24.9 Å². The lowest BCUT2D eigenvalue weighted by atomic mass is 10.0. The molecule has 0 radical (unpaired) electrons. The summed E-state index contributed by atoms with van der Waals surface area (Å²) in [6, 6.07) is 0.427. The second kappa shape index (κ2) is 19.7. The minimum atomic E-state index is -3.87. The Kier molecular flexibility index (Phi) is 17.1. The van der Waals surface area contributed by atoms with E-state index in [4.69, 9.17) is 0 Å². The smallest absolute Gasteiger partial charge is 0.356 e. The molecule has 0 aliphatic carbocycles. The number of carbonyl (C=O) groups is 3. The van der Waals surface area contributed by atoms with Gasteiger partial charge in [-0.25, -0.2) is 4.79 Å². The number of unbranched alkanes of at least 4 members (excludes halogenated alkanes) is 9. The molecule has 2 aliphatic rings. The van der Waals surface area contributed by atoms with Gasteiger partial charge in [-0.1, -0.05) is 38.5 Å². The summed E-state index contributed by atoms with van der Waals surface area (Å²) in [6.07, 6.45) is 13.2. The Bertz CT molecular complexity index is 793. The molecule has 9 nitrogen and oxygen atoms in total. The predicted molar refractivity (Wildman–Crippen MR) is 156 cm³/mol. The van der Waals surface area contributed by atoms with E-state index >= 15 is 0 Å². The van der Waals surface area contributed by atoms with Gasteiger partial charge < -0.3 is 25.8 Å². The number of urea groups is 1. The van der Waals surface area contributed by atoms with Gasteiger partial charge in [0.25, 0.3) is 0 Å². The normalized spacial score (nSPS) is 21.6. The molecule has 0 aromatic carbocycles. The molecule has 0 bridgehead atoms. The fourth-order valence-corrected chi connectivity index (χ4v) is 7.72. The van der Waals surface area contributed by atoms with Gasteiger partial charge in [-0.05, 0) is 51.9 Å². The molecule has 0 saturated carbocycles. The molecule has 0 aromatic rings. The zero-order valence-corrected chi connectivity index (χ0v) is 25.4. The Hall–Kier alpha value is -1.32. The van der Waals surface area contributed by atoms with Gasteiger partial charge in [0.1, 0.15) is 0 Å². The maximum atomic E-state index is 13.4. The standard InChI is InChI=1S/C27H50FN4O5PS/c1-2-37-38(28,36)20-14-7-5-3-4-6-9-16-24(33)29-18-12-8-13-19-30-25(34)17-11-10-15-23-26-22(21-39-23)31-27(35)32-26/h22-23,26H,2-21H2,1H3,(H,29,33)(H,30,34)(H2,31,32,35)/t22-,23-,26+,38+/m1/s1. The Balaban J connectivity index is 1.30. The summed E-state index contributed by atoms with van der Waals surface area (Å²) in [5, 5.41) is 12.4. The van der Waals surface area contributed by atoms with Crippen molar-refractivity contribution in [2.75, 3.05) is 31.6 Å². The highest BCUT2D eigenvalue weighted by Gasteiger charge is 2.42. The van der Waals surface area contributed by atoms with Crippen LogP contribution in [0, 0.1) is 0 Å². The Morgan fingerprint density at radius 3 is 2.10 bits per heavy atom. The zero-order valence-electron chi connectivity index (χ0n) is 23.6. The summed E-state index contributed by atoms with van der Waals surface area (Å²) in [7, 11) is -3.87. The first kappa shape index (κ1) is 33.9. The van der Waals surface area contributed by atoms with E-state index in [1.54, 1.807) is 6.92 Å². The van der Waals surface area contributed by atoms with Crippen LogP contribution < -0.4 is 21.3 Å². The summed E-state index contributed by atoms with van der Waals surface area (Å²) in [6.45, 7) is 3.13. The quantitative estimate of drug-likeness (QED) is 0.0712. The number of carbonyl (C=O) groups excluding carboxylic acids is 3. The molecule has 0 unspecified atom stereocenters. The van der Waals surface area contributed by atoms with E-state index in [0.717, 1.165) is 82.8 Å². The predicted octanol–water partition coefficient (Wildman–Crippen LogP) is 5.43. The molecule has 2 aliphatic heterocycles. The van der Waals surface area contributed by atoms with Gasteiger partial charge in [-0.15, -0.1) is 0 Å². The van der Waals surface area contributed by atoms with Crippen LogP contribution in [0.15, 0.2) is 0 Å². The maximum Gasteiger partial charge on any atom is 0.367 e. The summed E-state index contributed by atoms with van der Waals surface area (Å²) < 4.78 is 29.4. The number of nitrogens with one attached hydrogen (secondary N) is 4. The Morgan fingerprint density at radius 1 is 0.897 bits per heavy atom. The van der Waals surface area contributed by atoms with Crippen molar-refractivity contribution in [2.45, 2.75) is 121 Å². The van der Waals surface area contributed by atoms with Gasteiger partial charge >= 0.3 is 13.7 Å². The first-order chi connectivity index (χ1) is 18.8. The summed E-state index contributed by atoms with van der Waals surface area (Å²) in [5.41, 5.74) is 0. The van der Waals surface area contributed by atoms with Crippen LogP contribution in [0.5, 0.6) is 0 Å². The third-order valence-corrected chi connectivity index (χ3v) is 10.2. The van der Waals surface area contributed by atoms with Crippen molar-refractivity contribution in [3.05, 3.63) is 0 Å². The van der Waals surface area contributed by atoms with Gasteiger partial charge in [-0.2, -0.15) is 16.0 Å². The molecular weight excluding hydrogens is 542 g/mol. The lowest BCUT2D eigenvalue weighted by Gasteiger charge is -2.16. The number of amides is 4. The van der Waals surface area contributed by atoms with Crippen LogP contribution in [-0.4, -0.2) is 66.8 Å². The van der Waals surface area contributed by atoms with Crippen molar-refractivity contribution in [3.8, 4) is 0 Å². The molecule has 2 rings (SSSR count). The third kappa shape index (κ3) is 15.3. The van der Waals surface area contributed by atoms with Crippen LogP contribution in [0.3, 0.4) is 0 Å². The molecule has 4 atom stereocenters. The van der Waals surface area contributed by atoms with E-state index in [0.29, 0.717) is 37.6 Å². The first-order valence-electron chi connectivity index (χ1n) is 15.0. The maximum absolute atomic E-state index is 13.4. The molecule has 39 heavy (non-hydrogen) atoms. The largest absolute Gasteiger partial charge is 0.367 e. The minimum Gasteiger partial charge on any atom is -0.356 e. The summed E-state index contributed by atoms with van der Waals surface area (Å²) in [4.78, 5) is 35.4. The fraction of sp³-hybridized carbons (Fsp3) is 0.889. The second-order valence-corrected chi connectivity index (χ2v) is 13.7. The Labute approximate surface area is 238 Å². The van der Waals surface area contributed by atoms with Crippen LogP contribution in [0.25, 0.3) is 0 Å². The van der Waals surface area contributed by atoms with Crippen LogP contribution in [-0.2, 0) is 18.7 Å².